The third kappa shape index (κ3) is 11.1. The fraction of sp³-hybridized carbons (Fsp3) is 0.947. The standard InChI is InChI=1S/C19H35N5O7/c20-23-22-1-2-26-3-4-27-5-6-28-7-8-29-9-10-30-11-12-31-13-18(25)24-16-19(17-24)14-21-15-19/h21H,1-17H2. The van der Waals surface area contributed by atoms with E-state index < -0.39 is 0 Å². The Kier molecular flexibility index (Phi) is 13.4. The van der Waals surface area contributed by atoms with Gasteiger partial charge in [-0.05, 0) is 5.53 Å². The second-order valence-electron chi connectivity index (χ2n) is 7.42. The van der Waals surface area contributed by atoms with Crippen LogP contribution in [0.2, 0.25) is 0 Å². The zero-order valence-electron chi connectivity index (χ0n) is 18.2. The molecule has 0 aromatic carbocycles. The summed E-state index contributed by atoms with van der Waals surface area (Å²) >= 11 is 0. The highest BCUT2D eigenvalue weighted by Gasteiger charge is 2.48. The molecule has 12 heteroatoms. The van der Waals surface area contributed by atoms with Gasteiger partial charge in [0.1, 0.15) is 6.61 Å². The molecule has 2 fully saturated rings. The van der Waals surface area contributed by atoms with Crippen LogP contribution in [-0.2, 0) is 33.2 Å². The van der Waals surface area contributed by atoms with Crippen LogP contribution in [0.5, 0.6) is 0 Å². The number of ether oxygens (including phenoxy) is 6. The van der Waals surface area contributed by atoms with Crippen LogP contribution < -0.4 is 5.32 Å². The number of hydrogen-bond acceptors (Lipinski definition) is 9. The molecule has 0 aliphatic carbocycles. The lowest BCUT2D eigenvalue weighted by Gasteiger charge is -2.56. The molecule has 0 atom stereocenters. The summed E-state index contributed by atoms with van der Waals surface area (Å²) in [5.41, 5.74) is 8.45. The second kappa shape index (κ2) is 16.2. The van der Waals surface area contributed by atoms with Gasteiger partial charge in [0, 0.05) is 43.1 Å². The average molecular weight is 446 g/mol. The Morgan fingerprint density at radius 1 is 0.806 bits per heavy atom. The highest BCUT2D eigenvalue weighted by Crippen LogP contribution is 2.33. The molecule has 1 N–H and O–H groups in total. The molecule has 0 saturated carbocycles. The predicted molar refractivity (Wildman–Crippen MR) is 111 cm³/mol. The molecule has 12 nitrogen and oxygen atoms in total. The predicted octanol–water partition coefficient (Wildman–Crippen LogP) is -0.172. The molecule has 2 rings (SSSR count). The fourth-order valence-electron chi connectivity index (χ4n) is 3.14. The van der Waals surface area contributed by atoms with Crippen molar-refractivity contribution in [2.45, 2.75) is 0 Å². The van der Waals surface area contributed by atoms with E-state index in [1.54, 1.807) is 0 Å². The summed E-state index contributed by atoms with van der Waals surface area (Å²) in [6, 6.07) is 0. The minimum atomic E-state index is 0.0572. The van der Waals surface area contributed by atoms with Gasteiger partial charge < -0.3 is 38.6 Å². The van der Waals surface area contributed by atoms with Crippen LogP contribution in [0.3, 0.4) is 0 Å². The summed E-state index contributed by atoms with van der Waals surface area (Å²) in [6.07, 6.45) is 0. The summed E-state index contributed by atoms with van der Waals surface area (Å²) in [5.74, 6) is 0.0572. The Morgan fingerprint density at radius 3 is 1.68 bits per heavy atom. The lowest BCUT2D eigenvalue weighted by molar-refractivity contribution is -0.152. The highest BCUT2D eigenvalue weighted by atomic mass is 16.6. The number of rotatable bonds is 20. The number of likely N-dealkylation sites (tertiary alicyclic amines) is 1. The van der Waals surface area contributed by atoms with E-state index in [1.165, 1.54) is 0 Å². The SMILES string of the molecule is [N-]=[N+]=NCCOCCOCCOCCOCCOCCOCC(=O)N1CC2(CNC2)C1. The van der Waals surface area contributed by atoms with Crippen molar-refractivity contribution in [2.75, 3.05) is 112 Å². The van der Waals surface area contributed by atoms with Crippen LogP contribution in [0.4, 0.5) is 0 Å². The van der Waals surface area contributed by atoms with E-state index in [2.05, 4.69) is 15.3 Å². The van der Waals surface area contributed by atoms with Crippen molar-refractivity contribution in [1.82, 2.24) is 10.2 Å². The van der Waals surface area contributed by atoms with Crippen LogP contribution in [0.1, 0.15) is 0 Å². The van der Waals surface area contributed by atoms with E-state index in [0.29, 0.717) is 84.6 Å². The van der Waals surface area contributed by atoms with Gasteiger partial charge in [-0.1, -0.05) is 5.11 Å². The van der Waals surface area contributed by atoms with E-state index in [4.69, 9.17) is 34.0 Å². The minimum absolute atomic E-state index is 0.0572. The molecule has 178 valence electrons. The first kappa shape index (κ1) is 25.8. The van der Waals surface area contributed by atoms with Crippen LogP contribution in [0.15, 0.2) is 5.11 Å². The lowest BCUT2D eigenvalue weighted by Crippen LogP contribution is -2.72. The molecule has 2 aliphatic rings. The zero-order chi connectivity index (χ0) is 22.0. The summed E-state index contributed by atoms with van der Waals surface area (Å²) < 4.78 is 32.1. The number of carbonyl (C=O) groups excluding carboxylic acids is 1. The first-order chi connectivity index (χ1) is 15.3. The van der Waals surface area contributed by atoms with Crippen molar-refractivity contribution in [3.63, 3.8) is 0 Å². The molecular weight excluding hydrogens is 410 g/mol. The van der Waals surface area contributed by atoms with Crippen molar-refractivity contribution >= 4 is 5.91 Å². The highest BCUT2D eigenvalue weighted by molar-refractivity contribution is 5.78. The summed E-state index contributed by atoms with van der Waals surface area (Å²) in [4.78, 5) is 16.4. The Hall–Kier alpha value is -1.50. The molecular formula is C19H35N5O7. The molecule has 31 heavy (non-hydrogen) atoms. The Labute approximate surface area is 183 Å². The van der Waals surface area contributed by atoms with Crippen molar-refractivity contribution in [3.8, 4) is 0 Å². The van der Waals surface area contributed by atoms with Gasteiger partial charge in [-0.2, -0.15) is 0 Å². The van der Waals surface area contributed by atoms with Gasteiger partial charge in [-0.15, -0.1) is 0 Å². The number of nitrogens with zero attached hydrogens (tertiary/aromatic N) is 4. The van der Waals surface area contributed by atoms with Gasteiger partial charge in [0.15, 0.2) is 0 Å². The number of azide groups is 1. The van der Waals surface area contributed by atoms with Crippen molar-refractivity contribution < 1.29 is 33.2 Å². The Morgan fingerprint density at radius 2 is 1.26 bits per heavy atom. The fourth-order valence-corrected chi connectivity index (χ4v) is 3.14. The molecule has 1 amide bonds. The van der Waals surface area contributed by atoms with E-state index in [0.717, 1.165) is 26.2 Å². The molecule has 2 saturated heterocycles. The van der Waals surface area contributed by atoms with Crippen LogP contribution in [0.25, 0.3) is 10.4 Å². The Bertz CT molecular complexity index is 536. The number of nitrogens with one attached hydrogen (secondary N) is 1. The van der Waals surface area contributed by atoms with Gasteiger partial charge in [-0.3, -0.25) is 4.79 Å². The van der Waals surface area contributed by atoms with Crippen LogP contribution >= 0.6 is 0 Å². The number of hydrogen-bond donors (Lipinski definition) is 1. The second-order valence-corrected chi connectivity index (χ2v) is 7.42. The Balaban J connectivity index is 1.21. The largest absolute Gasteiger partial charge is 0.379 e. The molecule has 1 spiro atoms. The lowest BCUT2D eigenvalue weighted by atomic mass is 9.74. The van der Waals surface area contributed by atoms with Crippen LogP contribution in [-0.4, -0.2) is 123 Å². The molecule has 2 aliphatic heterocycles. The number of amides is 1. The third-order valence-corrected chi connectivity index (χ3v) is 4.89. The quantitative estimate of drug-likeness (QED) is 0.118. The molecule has 0 radical (unpaired) electrons. The minimum Gasteiger partial charge on any atom is -0.379 e. The zero-order valence-corrected chi connectivity index (χ0v) is 18.2. The van der Waals surface area contributed by atoms with Gasteiger partial charge in [0.2, 0.25) is 5.91 Å². The number of carbonyl (C=O) groups is 1. The maximum absolute atomic E-state index is 11.9. The van der Waals surface area contributed by atoms with E-state index in [-0.39, 0.29) is 12.5 Å². The van der Waals surface area contributed by atoms with Gasteiger partial charge in [0.25, 0.3) is 0 Å². The molecule has 0 unspecified atom stereocenters. The average Bonchev–Trinajstić information content (AvgIpc) is 2.70. The van der Waals surface area contributed by atoms with E-state index in [1.807, 2.05) is 4.90 Å². The van der Waals surface area contributed by atoms with Crippen LogP contribution in [0, 0.1) is 5.41 Å². The van der Waals surface area contributed by atoms with Gasteiger partial charge in [0.05, 0.1) is 72.7 Å². The van der Waals surface area contributed by atoms with E-state index in [9.17, 15) is 4.79 Å². The van der Waals surface area contributed by atoms with Crippen molar-refractivity contribution in [3.05, 3.63) is 10.4 Å². The third-order valence-electron chi connectivity index (χ3n) is 4.89. The molecule has 0 aromatic rings. The monoisotopic (exact) mass is 445 g/mol. The first-order valence-corrected chi connectivity index (χ1v) is 10.7. The maximum Gasteiger partial charge on any atom is 0.248 e. The van der Waals surface area contributed by atoms with Crippen molar-refractivity contribution in [1.29, 1.82) is 0 Å². The summed E-state index contributed by atoms with van der Waals surface area (Å²) in [7, 11) is 0. The smallest absolute Gasteiger partial charge is 0.248 e. The maximum atomic E-state index is 11.9. The molecule has 0 bridgehead atoms. The summed E-state index contributed by atoms with van der Waals surface area (Å²) in [5, 5.41) is 6.61. The first-order valence-electron chi connectivity index (χ1n) is 10.7. The van der Waals surface area contributed by atoms with Gasteiger partial charge >= 0.3 is 0 Å². The summed E-state index contributed by atoms with van der Waals surface area (Å²) in [6.45, 7) is 9.27. The van der Waals surface area contributed by atoms with Gasteiger partial charge in [-0.25, -0.2) is 0 Å². The molecule has 0 aromatic heterocycles. The topological polar surface area (TPSA) is 136 Å². The molecule has 2 heterocycles. The van der Waals surface area contributed by atoms with E-state index >= 15 is 0 Å². The normalized spacial score (nSPS) is 16.6. The van der Waals surface area contributed by atoms with Crippen molar-refractivity contribution in [2.24, 2.45) is 10.5 Å².